The van der Waals surface area contributed by atoms with Gasteiger partial charge in [-0.2, -0.15) is 9.84 Å². The quantitative estimate of drug-likeness (QED) is 0.0468. The Bertz CT molecular complexity index is 2820. The van der Waals surface area contributed by atoms with Crippen LogP contribution in [0.4, 0.5) is 11.4 Å². The topological polar surface area (TPSA) is 123 Å². The number of anilines is 1. The fourth-order valence-corrected chi connectivity index (χ4v) is 10.1. The highest BCUT2D eigenvalue weighted by Crippen LogP contribution is 2.53. The Balaban J connectivity index is 1.33. The van der Waals surface area contributed by atoms with Crippen LogP contribution in [0.15, 0.2) is 193 Å². The zero-order valence-electron chi connectivity index (χ0n) is 37.8. The van der Waals surface area contributed by atoms with Gasteiger partial charge in [0, 0.05) is 41.1 Å². The lowest BCUT2D eigenvalue weighted by Crippen LogP contribution is -2.39. The van der Waals surface area contributed by atoms with Gasteiger partial charge in [0.05, 0.1) is 37.7 Å². The summed E-state index contributed by atoms with van der Waals surface area (Å²) in [4.78, 5) is 26.6. The predicted molar refractivity (Wildman–Crippen MR) is 262 cm³/mol. The van der Waals surface area contributed by atoms with Gasteiger partial charge in [-0.15, -0.1) is 0 Å². The van der Waals surface area contributed by atoms with Crippen molar-refractivity contribution in [3.8, 4) is 17.6 Å². The van der Waals surface area contributed by atoms with E-state index in [1.54, 1.807) is 14.2 Å². The molecule has 0 saturated carbocycles. The molecule has 6 aromatic carbocycles. The van der Waals surface area contributed by atoms with Gasteiger partial charge in [-0.1, -0.05) is 121 Å². The molecule has 0 fully saturated rings. The lowest BCUT2D eigenvalue weighted by atomic mass is 9.69. The van der Waals surface area contributed by atoms with Gasteiger partial charge in [0.25, 0.3) is 0 Å². The fraction of sp³-hybridized carbons (Fsp3) is 0.207. The zero-order chi connectivity index (χ0) is 46.8. The largest absolute Gasteiger partial charge is 0.497 e. The molecular weight excluding hydrogens is 835 g/mol. The number of nitrogens with zero attached hydrogens (tertiary/aromatic N) is 3. The van der Waals surface area contributed by atoms with Gasteiger partial charge in [-0.3, -0.25) is 9.59 Å². The van der Waals surface area contributed by atoms with Crippen molar-refractivity contribution < 1.29 is 33.9 Å². The number of benzene rings is 6. The predicted octanol–water partition coefficient (Wildman–Crippen LogP) is 10.6. The summed E-state index contributed by atoms with van der Waals surface area (Å²) < 4.78 is 13.7. The van der Waals surface area contributed by atoms with Gasteiger partial charge < -0.3 is 24.6 Å². The van der Waals surface area contributed by atoms with Crippen LogP contribution in [0.2, 0.25) is 0 Å². The molecule has 0 saturated heterocycles. The number of nitriles is 1. The van der Waals surface area contributed by atoms with Gasteiger partial charge in [-0.05, 0) is 102 Å². The lowest BCUT2D eigenvalue weighted by Gasteiger charge is -2.34. The molecule has 0 atom stereocenters. The third-order valence-electron chi connectivity index (χ3n) is 13.0. The fourth-order valence-electron chi connectivity index (χ4n) is 10.1. The van der Waals surface area contributed by atoms with Crippen LogP contribution in [0, 0.1) is 11.3 Å². The van der Waals surface area contributed by atoms with E-state index in [9.17, 15) is 25.1 Å². The third-order valence-corrected chi connectivity index (χ3v) is 13.0. The van der Waals surface area contributed by atoms with Gasteiger partial charge in [0.1, 0.15) is 17.9 Å². The number of carbonyl (C=O) groups is 2. The maximum Gasteiger partial charge on any atom is 0.309 e. The van der Waals surface area contributed by atoms with E-state index in [1.807, 2.05) is 121 Å². The molecule has 8 rings (SSSR count). The Hall–Kier alpha value is -7.96. The highest BCUT2D eigenvalue weighted by Gasteiger charge is 2.52. The average Bonchev–Trinajstić information content (AvgIpc) is 3.74. The summed E-state index contributed by atoms with van der Waals surface area (Å²) in [6.45, 7) is 0.411. The van der Waals surface area contributed by atoms with E-state index in [0.717, 1.165) is 56.2 Å². The van der Waals surface area contributed by atoms with E-state index in [4.69, 9.17) is 9.47 Å². The summed E-state index contributed by atoms with van der Waals surface area (Å²) in [7, 11) is 3.29. The van der Waals surface area contributed by atoms with Crippen molar-refractivity contribution in [2.45, 2.75) is 49.4 Å². The Morgan fingerprint density at radius 2 is 1.12 bits per heavy atom. The maximum absolute atomic E-state index is 12.3. The first-order valence-electron chi connectivity index (χ1n) is 22.6. The minimum Gasteiger partial charge on any atom is -0.497 e. The number of methoxy groups -OCH3 is 2. The second-order valence-electron chi connectivity index (χ2n) is 17.2. The molecule has 9 heteroatoms. The summed E-state index contributed by atoms with van der Waals surface area (Å²) >= 11 is 0. The highest BCUT2D eigenvalue weighted by molar-refractivity contribution is 6.04. The number of allylic oxidation sites excluding steroid dienone is 6. The first-order chi connectivity index (χ1) is 32.7. The molecule has 336 valence electrons. The number of ether oxygens (including phenoxy) is 2. The number of rotatable bonds is 19. The summed E-state index contributed by atoms with van der Waals surface area (Å²) in [6, 6.07) is 55.6. The van der Waals surface area contributed by atoms with Crippen molar-refractivity contribution in [3.05, 3.63) is 227 Å². The van der Waals surface area contributed by atoms with Crippen molar-refractivity contribution in [1.29, 1.82) is 5.26 Å². The number of hydrogen-bond donors (Lipinski definition) is 2. The van der Waals surface area contributed by atoms with E-state index >= 15 is 0 Å². The molecular formula is C58H54N3O6+. The molecule has 0 aromatic heterocycles. The normalized spacial score (nSPS) is 15.3. The molecule has 0 aliphatic carbocycles. The van der Waals surface area contributed by atoms with Crippen LogP contribution in [0.1, 0.15) is 46.2 Å². The van der Waals surface area contributed by atoms with E-state index in [1.165, 1.54) is 0 Å². The number of carboxylic acid groups (broad SMARTS) is 2. The van der Waals surface area contributed by atoms with Crippen LogP contribution in [0.3, 0.4) is 0 Å². The molecule has 2 aliphatic heterocycles. The summed E-state index contributed by atoms with van der Waals surface area (Å²) in [5, 5.41) is 31.1. The molecule has 9 nitrogen and oxygen atoms in total. The smallest absolute Gasteiger partial charge is 0.309 e. The standard InChI is InChI=1S/C58H53N3O6/c1-66-47-25-27-51-49(35-47)57(37-42-15-7-3-8-16-42,38-43-17-9-4-10-18-43)53(60(51)33-31-55(62)63)29-23-46(41-59)24-30-54-58(39-44-19-11-5-12-20-44,40-45-21-13-6-14-22-45)50-36-48(67-2)26-28-52(50)61(54)34-32-56(64)65/h3-30,35-36H,31-34,37-40H2,1-2H3,(H-,62,63,64,65)/p+1. The molecule has 0 amide bonds. The Morgan fingerprint density at radius 3 is 1.60 bits per heavy atom. The van der Waals surface area contributed by atoms with Crippen LogP contribution in [-0.2, 0) is 46.1 Å². The molecule has 2 aliphatic rings. The van der Waals surface area contributed by atoms with E-state index in [0.29, 0.717) is 42.8 Å². The number of carboxylic acids is 2. The minimum atomic E-state index is -0.914. The van der Waals surface area contributed by atoms with Crippen molar-refractivity contribution >= 4 is 29.0 Å². The molecule has 0 radical (unpaired) electrons. The second kappa shape index (κ2) is 20.5. The van der Waals surface area contributed by atoms with Crippen molar-refractivity contribution in [2.24, 2.45) is 0 Å². The van der Waals surface area contributed by atoms with Crippen LogP contribution >= 0.6 is 0 Å². The van der Waals surface area contributed by atoms with Crippen LogP contribution in [-0.4, -0.2) is 59.7 Å². The number of hydrogen-bond acceptors (Lipinski definition) is 6. The SMILES string of the molecule is COc1ccc2c(c1)C(Cc1ccccc1)(Cc1ccccc1)C(/C=C/C(C#N)=C/C=C1/N(CCC(=O)O)c3ccc(OC)cc3C1(Cc1ccccc1)Cc1ccccc1)=[N+]2CCC(=O)O. The molecule has 67 heavy (non-hydrogen) atoms. The Labute approximate surface area is 392 Å². The third kappa shape index (κ3) is 9.85. The molecule has 0 spiro atoms. The summed E-state index contributed by atoms with van der Waals surface area (Å²) in [5.41, 5.74) is 8.88. The molecule has 6 aromatic rings. The van der Waals surface area contributed by atoms with Crippen LogP contribution < -0.4 is 14.4 Å². The number of aliphatic carboxylic acids is 2. The molecule has 2 heterocycles. The second-order valence-corrected chi connectivity index (χ2v) is 17.2. The number of fused-ring (bicyclic) bond motifs is 2. The molecule has 0 bridgehead atoms. The van der Waals surface area contributed by atoms with Gasteiger partial charge in [-0.25, -0.2) is 0 Å². The van der Waals surface area contributed by atoms with Crippen molar-refractivity contribution in [2.75, 3.05) is 32.2 Å². The van der Waals surface area contributed by atoms with Gasteiger partial charge >= 0.3 is 11.9 Å². The van der Waals surface area contributed by atoms with Crippen LogP contribution in [0.25, 0.3) is 0 Å². The summed E-state index contributed by atoms with van der Waals surface area (Å²) in [5.74, 6) is -0.449. The first kappa shape index (κ1) is 45.6. The Kier molecular flexibility index (Phi) is 13.9. The van der Waals surface area contributed by atoms with Crippen molar-refractivity contribution in [1.82, 2.24) is 0 Å². The summed E-state index contributed by atoms with van der Waals surface area (Å²) in [6.07, 6.45) is 9.78. The van der Waals surface area contributed by atoms with E-state index in [2.05, 4.69) is 76.2 Å². The highest BCUT2D eigenvalue weighted by atomic mass is 16.5. The maximum atomic E-state index is 12.3. The zero-order valence-corrected chi connectivity index (χ0v) is 37.8. The Morgan fingerprint density at radius 1 is 0.642 bits per heavy atom. The lowest BCUT2D eigenvalue weighted by molar-refractivity contribution is -0.436. The minimum absolute atomic E-state index is 0.106. The van der Waals surface area contributed by atoms with Crippen molar-refractivity contribution in [3.63, 3.8) is 0 Å². The molecule has 0 unspecified atom stereocenters. The van der Waals surface area contributed by atoms with Gasteiger partial charge in [0.2, 0.25) is 5.69 Å². The first-order valence-corrected chi connectivity index (χ1v) is 22.6. The van der Waals surface area contributed by atoms with E-state index < -0.39 is 22.8 Å². The average molecular weight is 889 g/mol. The monoisotopic (exact) mass is 888 g/mol. The van der Waals surface area contributed by atoms with E-state index in [-0.39, 0.29) is 25.9 Å². The molecule has 2 N–H and O–H groups in total. The van der Waals surface area contributed by atoms with Crippen LogP contribution in [0.5, 0.6) is 11.5 Å². The van der Waals surface area contributed by atoms with Gasteiger partial charge in [0.15, 0.2) is 12.3 Å².